The smallest absolute Gasteiger partial charge is 0.240 e. The van der Waals surface area contributed by atoms with Gasteiger partial charge in [-0.25, -0.2) is 13.1 Å². The van der Waals surface area contributed by atoms with Crippen LogP contribution >= 0.6 is 0 Å². The quantitative estimate of drug-likeness (QED) is 0.442. The second-order valence-electron chi connectivity index (χ2n) is 3.85. The van der Waals surface area contributed by atoms with Gasteiger partial charge in [-0.1, -0.05) is 18.2 Å². The summed E-state index contributed by atoms with van der Waals surface area (Å²) in [5.74, 6) is 0.369. The topological polar surface area (TPSA) is 87.8 Å². The van der Waals surface area contributed by atoms with Gasteiger partial charge in [0.2, 0.25) is 10.0 Å². The molecule has 0 aliphatic rings. The highest BCUT2D eigenvalue weighted by Crippen LogP contribution is 2.06. The fourth-order valence-electron chi connectivity index (χ4n) is 1.17. The first-order chi connectivity index (χ1) is 8.43. The number of benzene rings is 1. The van der Waals surface area contributed by atoms with Crippen molar-refractivity contribution < 1.29 is 8.42 Å². The zero-order valence-corrected chi connectivity index (χ0v) is 11.3. The lowest BCUT2D eigenvalue weighted by Crippen LogP contribution is -2.32. The fourth-order valence-corrected chi connectivity index (χ4v) is 2.22. The van der Waals surface area contributed by atoms with Crippen LogP contribution in [0.1, 0.15) is 0 Å². The van der Waals surface area contributed by atoms with Gasteiger partial charge in [-0.3, -0.25) is 4.99 Å². The molecule has 1 aromatic rings. The van der Waals surface area contributed by atoms with E-state index < -0.39 is 10.0 Å². The van der Waals surface area contributed by atoms with Crippen molar-refractivity contribution in [2.45, 2.75) is 4.90 Å². The number of rotatable bonds is 5. The van der Waals surface area contributed by atoms with Gasteiger partial charge < -0.3 is 10.6 Å². The number of sulfonamides is 1. The molecule has 3 N–H and O–H groups in total. The molecule has 0 aromatic heterocycles. The van der Waals surface area contributed by atoms with Crippen LogP contribution in [-0.2, 0) is 10.0 Å². The summed E-state index contributed by atoms with van der Waals surface area (Å²) < 4.78 is 26.1. The third kappa shape index (κ3) is 4.34. The van der Waals surface area contributed by atoms with Gasteiger partial charge in [0, 0.05) is 20.6 Å². The normalized spacial score (nSPS) is 12.4. The average Bonchev–Trinajstić information content (AvgIpc) is 2.35. The summed E-state index contributed by atoms with van der Waals surface area (Å²) in [6.07, 6.45) is 0. The van der Waals surface area contributed by atoms with Gasteiger partial charge in [0.15, 0.2) is 5.96 Å². The second-order valence-corrected chi connectivity index (χ2v) is 5.61. The molecule has 0 radical (unpaired) electrons. The number of hydrogen-bond donors (Lipinski definition) is 2. The lowest BCUT2D eigenvalue weighted by Gasteiger charge is -2.10. The van der Waals surface area contributed by atoms with Crippen LogP contribution in [0.15, 0.2) is 40.2 Å². The van der Waals surface area contributed by atoms with Gasteiger partial charge in [-0.05, 0) is 12.1 Å². The van der Waals surface area contributed by atoms with Gasteiger partial charge in [0.1, 0.15) is 0 Å². The largest absolute Gasteiger partial charge is 0.370 e. The summed E-state index contributed by atoms with van der Waals surface area (Å²) >= 11 is 0. The van der Waals surface area contributed by atoms with Crippen LogP contribution in [0.2, 0.25) is 0 Å². The van der Waals surface area contributed by atoms with Crippen molar-refractivity contribution in [3.63, 3.8) is 0 Å². The van der Waals surface area contributed by atoms with Crippen LogP contribution in [0, 0.1) is 0 Å². The van der Waals surface area contributed by atoms with E-state index in [1.807, 2.05) is 0 Å². The molecule has 0 heterocycles. The van der Waals surface area contributed by atoms with E-state index in [-0.39, 0.29) is 11.4 Å². The van der Waals surface area contributed by atoms with Crippen LogP contribution in [-0.4, -0.2) is 46.5 Å². The monoisotopic (exact) mass is 270 g/mol. The lowest BCUT2D eigenvalue weighted by molar-refractivity contribution is 0.580. The molecule has 0 bridgehead atoms. The third-order valence-corrected chi connectivity index (χ3v) is 3.67. The Bertz CT molecular complexity index is 497. The Balaban J connectivity index is 2.52. The van der Waals surface area contributed by atoms with Crippen molar-refractivity contribution in [2.75, 3.05) is 27.2 Å². The Morgan fingerprint density at radius 1 is 1.33 bits per heavy atom. The summed E-state index contributed by atoms with van der Waals surface area (Å²) in [7, 11) is 0.0895. The van der Waals surface area contributed by atoms with E-state index in [0.717, 1.165) is 0 Å². The molecule has 7 heteroatoms. The standard InChI is InChI=1S/C11H18N4O2S/c1-15(2)11(12)13-8-9-14-18(16,17)10-6-4-3-5-7-10/h3-7,14H,8-9H2,1-2H3,(H2,12,13). The molecule has 0 amide bonds. The number of aliphatic imine (C=N–C) groups is 1. The maximum Gasteiger partial charge on any atom is 0.240 e. The molecule has 0 fully saturated rings. The number of guanidine groups is 1. The van der Waals surface area contributed by atoms with E-state index >= 15 is 0 Å². The van der Waals surface area contributed by atoms with Gasteiger partial charge in [0.25, 0.3) is 0 Å². The van der Waals surface area contributed by atoms with E-state index in [0.29, 0.717) is 12.5 Å². The molecule has 6 nitrogen and oxygen atoms in total. The minimum Gasteiger partial charge on any atom is -0.370 e. The lowest BCUT2D eigenvalue weighted by atomic mass is 10.4. The summed E-state index contributed by atoms with van der Waals surface area (Å²) in [4.78, 5) is 5.92. The maximum absolute atomic E-state index is 11.8. The molecular weight excluding hydrogens is 252 g/mol. The van der Waals surface area contributed by atoms with Crippen molar-refractivity contribution in [1.29, 1.82) is 0 Å². The zero-order valence-electron chi connectivity index (χ0n) is 10.5. The summed E-state index contributed by atoms with van der Waals surface area (Å²) in [5.41, 5.74) is 5.58. The van der Waals surface area contributed by atoms with Crippen molar-refractivity contribution in [3.05, 3.63) is 30.3 Å². The number of nitrogens with one attached hydrogen (secondary N) is 1. The SMILES string of the molecule is CN(C)C(N)=NCCNS(=O)(=O)c1ccccc1. The number of hydrogen-bond acceptors (Lipinski definition) is 3. The molecule has 100 valence electrons. The Morgan fingerprint density at radius 3 is 2.50 bits per heavy atom. The van der Waals surface area contributed by atoms with Gasteiger partial charge in [0.05, 0.1) is 11.4 Å². The summed E-state index contributed by atoms with van der Waals surface area (Å²) in [6.45, 7) is 0.516. The minimum absolute atomic E-state index is 0.214. The molecule has 0 atom stereocenters. The van der Waals surface area contributed by atoms with E-state index in [1.54, 1.807) is 49.3 Å². The van der Waals surface area contributed by atoms with Gasteiger partial charge in [-0.15, -0.1) is 0 Å². The predicted molar refractivity (Wildman–Crippen MR) is 71.8 cm³/mol. The van der Waals surface area contributed by atoms with Crippen LogP contribution in [0.25, 0.3) is 0 Å². The van der Waals surface area contributed by atoms with Crippen LogP contribution in [0.3, 0.4) is 0 Å². The average molecular weight is 270 g/mol. The van der Waals surface area contributed by atoms with Crippen LogP contribution in [0.5, 0.6) is 0 Å². The minimum atomic E-state index is -3.45. The van der Waals surface area contributed by atoms with Crippen LogP contribution < -0.4 is 10.5 Å². The van der Waals surface area contributed by atoms with Crippen LogP contribution in [0.4, 0.5) is 0 Å². The Morgan fingerprint density at radius 2 is 1.94 bits per heavy atom. The van der Waals surface area contributed by atoms with Crippen molar-refractivity contribution in [2.24, 2.45) is 10.7 Å². The summed E-state index contributed by atoms with van der Waals surface area (Å²) in [5, 5.41) is 0. The number of nitrogens with two attached hydrogens (primary N) is 1. The molecule has 18 heavy (non-hydrogen) atoms. The molecule has 1 aromatic carbocycles. The summed E-state index contributed by atoms with van der Waals surface area (Å²) in [6, 6.07) is 8.20. The Labute approximate surface area is 108 Å². The molecule has 0 unspecified atom stereocenters. The second kappa shape index (κ2) is 6.36. The predicted octanol–water partition coefficient (Wildman–Crippen LogP) is -0.159. The molecule has 0 aliphatic heterocycles. The highest BCUT2D eigenvalue weighted by Gasteiger charge is 2.11. The van der Waals surface area contributed by atoms with Crippen molar-refractivity contribution >= 4 is 16.0 Å². The van der Waals surface area contributed by atoms with Crippen molar-refractivity contribution in [3.8, 4) is 0 Å². The Hall–Kier alpha value is -1.60. The molecule has 0 saturated heterocycles. The third-order valence-electron chi connectivity index (χ3n) is 2.19. The molecule has 0 aliphatic carbocycles. The van der Waals surface area contributed by atoms with E-state index in [9.17, 15) is 8.42 Å². The fraction of sp³-hybridized carbons (Fsp3) is 0.364. The highest BCUT2D eigenvalue weighted by atomic mass is 32.2. The van der Waals surface area contributed by atoms with Crippen molar-refractivity contribution in [1.82, 2.24) is 9.62 Å². The van der Waals surface area contributed by atoms with Gasteiger partial charge in [-0.2, -0.15) is 0 Å². The van der Waals surface area contributed by atoms with Gasteiger partial charge >= 0.3 is 0 Å². The zero-order chi connectivity index (χ0) is 13.6. The first kappa shape index (κ1) is 14.5. The number of nitrogens with zero attached hydrogens (tertiary/aromatic N) is 2. The highest BCUT2D eigenvalue weighted by molar-refractivity contribution is 7.89. The molecule has 0 spiro atoms. The first-order valence-electron chi connectivity index (χ1n) is 5.45. The van der Waals surface area contributed by atoms with E-state index in [1.165, 1.54) is 0 Å². The maximum atomic E-state index is 11.8. The first-order valence-corrected chi connectivity index (χ1v) is 6.94. The van der Waals surface area contributed by atoms with E-state index in [4.69, 9.17) is 5.73 Å². The van der Waals surface area contributed by atoms with E-state index in [2.05, 4.69) is 9.71 Å². The molecular formula is C11H18N4O2S. The Kier molecular flexibility index (Phi) is 5.11. The molecule has 0 saturated carbocycles. The molecule has 1 rings (SSSR count).